The zero-order chi connectivity index (χ0) is 12.7. The molecule has 0 aromatic heterocycles. The fourth-order valence-corrected chi connectivity index (χ4v) is 1.52. The molecule has 0 radical (unpaired) electrons. The summed E-state index contributed by atoms with van der Waals surface area (Å²) in [6.45, 7) is 1.92. The number of anilines is 1. The first-order chi connectivity index (χ1) is 8.15. The molecule has 0 spiro atoms. The highest BCUT2D eigenvalue weighted by Gasteiger charge is 2.08. The summed E-state index contributed by atoms with van der Waals surface area (Å²) < 4.78 is 0. The second kappa shape index (κ2) is 6.91. The third-order valence-electron chi connectivity index (χ3n) is 2.70. The zero-order valence-electron chi connectivity index (χ0n) is 10.1. The zero-order valence-corrected chi connectivity index (χ0v) is 10.1. The van der Waals surface area contributed by atoms with Gasteiger partial charge < -0.3 is 16.2 Å². The molecule has 17 heavy (non-hydrogen) atoms. The molecule has 0 unspecified atom stereocenters. The van der Waals surface area contributed by atoms with Crippen LogP contribution in [0.25, 0.3) is 0 Å². The highest BCUT2D eigenvalue weighted by Crippen LogP contribution is 2.07. The van der Waals surface area contributed by atoms with Crippen LogP contribution in [-0.2, 0) is 11.2 Å². The van der Waals surface area contributed by atoms with Gasteiger partial charge in [0.15, 0.2) is 0 Å². The molecular weight excluding hydrogens is 216 g/mol. The van der Waals surface area contributed by atoms with Crippen LogP contribution in [-0.4, -0.2) is 23.7 Å². The lowest BCUT2D eigenvalue weighted by atomic mass is 10.1. The molecule has 0 aliphatic rings. The number of aliphatic hydroxyl groups excluding tert-OH is 1. The molecule has 0 saturated heterocycles. The predicted octanol–water partition coefficient (Wildman–Crippen LogP) is 1.09. The molecule has 1 aromatic carbocycles. The number of amides is 1. The van der Waals surface area contributed by atoms with Crippen LogP contribution in [0, 0.1) is 0 Å². The number of nitrogens with two attached hydrogens (primary N) is 1. The van der Waals surface area contributed by atoms with Crippen LogP contribution in [0.2, 0.25) is 0 Å². The maximum atomic E-state index is 11.6. The largest absolute Gasteiger partial charge is 0.399 e. The van der Waals surface area contributed by atoms with Crippen molar-refractivity contribution in [1.82, 2.24) is 5.32 Å². The van der Waals surface area contributed by atoms with Gasteiger partial charge in [-0.3, -0.25) is 4.79 Å². The molecule has 0 heterocycles. The quantitative estimate of drug-likeness (QED) is 0.647. The van der Waals surface area contributed by atoms with E-state index < -0.39 is 0 Å². The van der Waals surface area contributed by atoms with Gasteiger partial charge in [-0.1, -0.05) is 19.1 Å². The topological polar surface area (TPSA) is 75.3 Å². The average molecular weight is 236 g/mol. The van der Waals surface area contributed by atoms with E-state index in [9.17, 15) is 4.79 Å². The van der Waals surface area contributed by atoms with E-state index in [4.69, 9.17) is 10.8 Å². The summed E-state index contributed by atoms with van der Waals surface area (Å²) >= 11 is 0. The van der Waals surface area contributed by atoms with Crippen molar-refractivity contribution < 1.29 is 9.90 Å². The number of aliphatic hydroxyl groups is 1. The number of carbonyl (C=O) groups excluding carboxylic acids is 1. The number of benzene rings is 1. The third-order valence-corrected chi connectivity index (χ3v) is 2.70. The number of carbonyl (C=O) groups is 1. The lowest BCUT2D eigenvalue weighted by Gasteiger charge is -2.13. The lowest BCUT2D eigenvalue weighted by Crippen LogP contribution is -2.36. The summed E-state index contributed by atoms with van der Waals surface area (Å²) in [4.78, 5) is 11.6. The first-order valence-corrected chi connectivity index (χ1v) is 5.90. The average Bonchev–Trinajstić information content (AvgIpc) is 2.35. The minimum absolute atomic E-state index is 0.00981. The van der Waals surface area contributed by atoms with Crippen molar-refractivity contribution in [2.45, 2.75) is 32.2 Å². The van der Waals surface area contributed by atoms with E-state index in [0.29, 0.717) is 12.8 Å². The number of hydrogen-bond acceptors (Lipinski definition) is 3. The van der Waals surface area contributed by atoms with Crippen LogP contribution < -0.4 is 11.1 Å². The molecular formula is C13H20N2O2. The van der Waals surface area contributed by atoms with Crippen molar-refractivity contribution >= 4 is 11.6 Å². The van der Waals surface area contributed by atoms with Gasteiger partial charge in [-0.05, 0) is 30.5 Å². The van der Waals surface area contributed by atoms with Gasteiger partial charge in [0.25, 0.3) is 0 Å². The third kappa shape index (κ3) is 4.87. The minimum atomic E-state index is -0.131. The Bertz CT molecular complexity index is 345. The first kappa shape index (κ1) is 13.5. The van der Waals surface area contributed by atoms with Crippen LogP contribution in [0.1, 0.15) is 25.3 Å². The van der Waals surface area contributed by atoms with Gasteiger partial charge in [0.1, 0.15) is 0 Å². The second-order valence-electron chi connectivity index (χ2n) is 4.10. The summed E-state index contributed by atoms with van der Waals surface area (Å²) in [5, 5.41) is 11.7. The van der Waals surface area contributed by atoms with E-state index >= 15 is 0 Å². The predicted molar refractivity (Wildman–Crippen MR) is 68.5 cm³/mol. The highest BCUT2D eigenvalue weighted by atomic mass is 16.3. The van der Waals surface area contributed by atoms with Crippen LogP contribution in [0.15, 0.2) is 24.3 Å². The van der Waals surface area contributed by atoms with Crippen LogP contribution in [0.4, 0.5) is 5.69 Å². The lowest BCUT2D eigenvalue weighted by molar-refractivity contribution is -0.122. The number of aryl methyl sites for hydroxylation is 1. The molecule has 1 atom stereocenters. The van der Waals surface area contributed by atoms with Crippen molar-refractivity contribution in [3.8, 4) is 0 Å². The minimum Gasteiger partial charge on any atom is -0.399 e. The van der Waals surface area contributed by atoms with E-state index in [1.807, 2.05) is 31.2 Å². The molecule has 94 valence electrons. The summed E-state index contributed by atoms with van der Waals surface area (Å²) in [6, 6.07) is 7.37. The maximum Gasteiger partial charge on any atom is 0.220 e. The van der Waals surface area contributed by atoms with E-state index in [1.54, 1.807) is 0 Å². The monoisotopic (exact) mass is 236 g/mol. The van der Waals surface area contributed by atoms with E-state index in [2.05, 4.69) is 5.32 Å². The van der Waals surface area contributed by atoms with Crippen molar-refractivity contribution in [1.29, 1.82) is 0 Å². The van der Waals surface area contributed by atoms with Gasteiger partial charge in [-0.15, -0.1) is 0 Å². The molecule has 0 fully saturated rings. The molecule has 1 aromatic rings. The molecule has 0 aliphatic carbocycles. The molecule has 0 aliphatic heterocycles. The van der Waals surface area contributed by atoms with Crippen molar-refractivity contribution in [2.24, 2.45) is 0 Å². The Morgan fingerprint density at radius 1 is 1.41 bits per heavy atom. The van der Waals surface area contributed by atoms with E-state index in [-0.39, 0.29) is 18.6 Å². The Balaban J connectivity index is 2.35. The molecule has 4 nitrogen and oxygen atoms in total. The highest BCUT2D eigenvalue weighted by molar-refractivity contribution is 5.76. The Morgan fingerprint density at radius 2 is 2.06 bits per heavy atom. The fraction of sp³-hybridized carbons (Fsp3) is 0.462. The van der Waals surface area contributed by atoms with Crippen LogP contribution >= 0.6 is 0 Å². The number of nitrogens with one attached hydrogen (secondary N) is 1. The Hall–Kier alpha value is -1.55. The van der Waals surface area contributed by atoms with Crippen molar-refractivity contribution in [2.75, 3.05) is 12.3 Å². The van der Waals surface area contributed by atoms with Crippen molar-refractivity contribution in [3.05, 3.63) is 29.8 Å². The molecule has 0 bridgehead atoms. The van der Waals surface area contributed by atoms with Gasteiger partial charge in [0.05, 0.1) is 12.6 Å². The normalized spacial score (nSPS) is 12.1. The second-order valence-corrected chi connectivity index (χ2v) is 4.10. The summed E-state index contributed by atoms with van der Waals surface area (Å²) in [6.07, 6.45) is 1.86. The number of hydrogen-bond donors (Lipinski definition) is 3. The van der Waals surface area contributed by atoms with Gasteiger partial charge in [0, 0.05) is 12.1 Å². The van der Waals surface area contributed by atoms with Crippen LogP contribution in [0.3, 0.4) is 0 Å². The van der Waals surface area contributed by atoms with Crippen LogP contribution in [0.5, 0.6) is 0 Å². The smallest absolute Gasteiger partial charge is 0.220 e. The number of rotatable bonds is 6. The standard InChI is InChI=1S/C13H20N2O2/c1-2-12(9-16)15-13(17)8-5-10-3-6-11(14)7-4-10/h3-4,6-7,12,16H,2,5,8-9,14H2,1H3,(H,15,17)/t12-/m1/s1. The molecule has 4 N–H and O–H groups in total. The van der Waals surface area contributed by atoms with Gasteiger partial charge in [-0.2, -0.15) is 0 Å². The molecule has 4 heteroatoms. The van der Waals surface area contributed by atoms with E-state index in [0.717, 1.165) is 17.7 Å². The molecule has 1 rings (SSSR count). The summed E-state index contributed by atoms with van der Waals surface area (Å²) in [5.74, 6) is -0.0253. The summed E-state index contributed by atoms with van der Waals surface area (Å²) in [7, 11) is 0. The fourth-order valence-electron chi connectivity index (χ4n) is 1.52. The number of nitrogen functional groups attached to an aromatic ring is 1. The Kier molecular flexibility index (Phi) is 5.49. The maximum absolute atomic E-state index is 11.6. The van der Waals surface area contributed by atoms with Gasteiger partial charge in [0.2, 0.25) is 5.91 Å². The summed E-state index contributed by atoms with van der Waals surface area (Å²) in [5.41, 5.74) is 7.39. The Labute approximate surface area is 102 Å². The molecule has 0 saturated carbocycles. The SMILES string of the molecule is CC[C@H](CO)NC(=O)CCc1ccc(N)cc1. The van der Waals surface area contributed by atoms with Gasteiger partial charge >= 0.3 is 0 Å². The van der Waals surface area contributed by atoms with E-state index in [1.165, 1.54) is 0 Å². The first-order valence-electron chi connectivity index (χ1n) is 5.90. The van der Waals surface area contributed by atoms with Crippen molar-refractivity contribution in [3.63, 3.8) is 0 Å². The Morgan fingerprint density at radius 3 is 2.59 bits per heavy atom. The van der Waals surface area contributed by atoms with Gasteiger partial charge in [-0.25, -0.2) is 0 Å². The molecule has 1 amide bonds.